The van der Waals surface area contributed by atoms with Gasteiger partial charge in [-0.15, -0.1) is 0 Å². The first-order valence-corrected chi connectivity index (χ1v) is 21.1. The number of para-hydroxylation sites is 3. The standard InChI is InChI=1S/C55H35N3S/c1-2-16-34(17-3-1)53-54(57-47-26-12-11-25-46(47)56-53)39-30-31-49(37-20-5-4-18-35(37)39)58-48-27-13-7-21-38(48)41-32-40-36-19-6-8-22-42(36)55(45(40)33-50(41)58)43-23-9-14-28-51(43)59-52-29-15-10-24-44(52)55/h1-33,53,56H. The molecule has 2 aliphatic heterocycles. The molecular formula is C55H35N3S. The van der Waals surface area contributed by atoms with Gasteiger partial charge in [0.15, 0.2) is 0 Å². The highest BCUT2D eigenvalue weighted by molar-refractivity contribution is 7.99. The van der Waals surface area contributed by atoms with Crippen LogP contribution in [0.3, 0.4) is 0 Å². The summed E-state index contributed by atoms with van der Waals surface area (Å²) in [5.74, 6) is 0. The molecule has 1 unspecified atom stereocenters. The first-order chi connectivity index (χ1) is 29.3. The van der Waals surface area contributed by atoms with E-state index < -0.39 is 5.41 Å². The van der Waals surface area contributed by atoms with Crippen molar-refractivity contribution in [2.75, 3.05) is 5.32 Å². The number of nitrogens with zero attached hydrogens (tertiary/aromatic N) is 2. The number of aromatic nitrogens is 1. The zero-order chi connectivity index (χ0) is 38.7. The Labute approximate surface area is 346 Å². The van der Waals surface area contributed by atoms with Gasteiger partial charge in [0.05, 0.1) is 45.3 Å². The zero-order valence-corrected chi connectivity index (χ0v) is 32.7. The van der Waals surface area contributed by atoms with E-state index in [0.717, 1.165) is 28.3 Å². The largest absolute Gasteiger partial charge is 0.371 e. The second kappa shape index (κ2) is 12.4. The summed E-state index contributed by atoms with van der Waals surface area (Å²) in [6, 6.07) is 73.7. The van der Waals surface area contributed by atoms with Crippen LogP contribution in [0.25, 0.3) is 49.4 Å². The summed E-state index contributed by atoms with van der Waals surface area (Å²) in [6.07, 6.45) is 0. The minimum atomic E-state index is -0.458. The van der Waals surface area contributed by atoms with E-state index in [1.807, 2.05) is 11.8 Å². The average molecular weight is 770 g/mol. The van der Waals surface area contributed by atoms with Gasteiger partial charge in [0.2, 0.25) is 0 Å². The molecule has 0 amide bonds. The molecule has 1 spiro atoms. The second-order valence-corrected chi connectivity index (χ2v) is 16.9. The maximum Gasteiger partial charge on any atom is 0.0947 e. The van der Waals surface area contributed by atoms with Gasteiger partial charge in [-0.1, -0.05) is 163 Å². The van der Waals surface area contributed by atoms with Gasteiger partial charge in [-0.05, 0) is 92.9 Å². The quantitative estimate of drug-likeness (QED) is 0.194. The predicted octanol–water partition coefficient (Wildman–Crippen LogP) is 14.1. The molecule has 0 saturated heterocycles. The number of fused-ring (bicyclic) bond motifs is 14. The Bertz CT molecular complexity index is 3370. The van der Waals surface area contributed by atoms with Crippen molar-refractivity contribution in [3.05, 3.63) is 234 Å². The third-order valence-electron chi connectivity index (χ3n) is 12.9. The van der Waals surface area contributed by atoms with E-state index >= 15 is 0 Å². The van der Waals surface area contributed by atoms with Crippen LogP contribution in [0.1, 0.15) is 39.4 Å². The molecule has 1 aromatic heterocycles. The predicted molar refractivity (Wildman–Crippen MR) is 245 cm³/mol. The number of rotatable bonds is 3. The van der Waals surface area contributed by atoms with Gasteiger partial charge in [-0.3, -0.25) is 0 Å². The summed E-state index contributed by atoms with van der Waals surface area (Å²) in [5.41, 5.74) is 16.4. The van der Waals surface area contributed by atoms with Gasteiger partial charge in [0, 0.05) is 31.5 Å². The van der Waals surface area contributed by atoms with Gasteiger partial charge in [0.25, 0.3) is 0 Å². The van der Waals surface area contributed by atoms with Crippen LogP contribution < -0.4 is 5.32 Å². The molecule has 0 radical (unpaired) electrons. The monoisotopic (exact) mass is 769 g/mol. The fourth-order valence-corrected chi connectivity index (χ4v) is 11.7. The Morgan fingerprint density at radius 1 is 0.458 bits per heavy atom. The molecule has 13 rings (SSSR count). The minimum Gasteiger partial charge on any atom is -0.371 e. The lowest BCUT2D eigenvalue weighted by molar-refractivity contribution is 0.723. The first kappa shape index (κ1) is 32.9. The number of nitrogens with one attached hydrogen (secondary N) is 1. The topological polar surface area (TPSA) is 29.3 Å². The van der Waals surface area contributed by atoms with E-state index in [-0.39, 0.29) is 6.04 Å². The third-order valence-corrected chi connectivity index (χ3v) is 14.1. The molecule has 0 fully saturated rings. The molecule has 3 aliphatic rings. The lowest BCUT2D eigenvalue weighted by Crippen LogP contribution is -2.31. The molecule has 10 aromatic rings. The van der Waals surface area contributed by atoms with Gasteiger partial charge in [-0.25, -0.2) is 4.99 Å². The van der Waals surface area contributed by atoms with Gasteiger partial charge < -0.3 is 9.88 Å². The van der Waals surface area contributed by atoms with Crippen LogP contribution in [0, 0.1) is 0 Å². The van der Waals surface area contributed by atoms with Crippen molar-refractivity contribution in [3.63, 3.8) is 0 Å². The van der Waals surface area contributed by atoms with Gasteiger partial charge >= 0.3 is 0 Å². The lowest BCUT2D eigenvalue weighted by atomic mass is 9.67. The van der Waals surface area contributed by atoms with Crippen LogP contribution in [0.5, 0.6) is 0 Å². The lowest BCUT2D eigenvalue weighted by Gasteiger charge is -2.39. The van der Waals surface area contributed by atoms with Crippen molar-refractivity contribution in [1.82, 2.24) is 4.57 Å². The van der Waals surface area contributed by atoms with Crippen molar-refractivity contribution in [1.29, 1.82) is 0 Å². The fourth-order valence-electron chi connectivity index (χ4n) is 10.5. The van der Waals surface area contributed by atoms with Gasteiger partial charge in [-0.2, -0.15) is 0 Å². The zero-order valence-electron chi connectivity index (χ0n) is 31.9. The summed E-state index contributed by atoms with van der Waals surface area (Å²) in [4.78, 5) is 8.03. The van der Waals surface area contributed by atoms with E-state index in [4.69, 9.17) is 4.99 Å². The van der Waals surface area contributed by atoms with Crippen LogP contribution in [0.15, 0.2) is 215 Å². The van der Waals surface area contributed by atoms with Crippen molar-refractivity contribution < 1.29 is 0 Å². The third kappa shape index (κ3) is 4.52. The Morgan fingerprint density at radius 3 is 1.92 bits per heavy atom. The molecule has 3 nitrogen and oxygen atoms in total. The highest BCUT2D eigenvalue weighted by Crippen LogP contribution is 2.63. The van der Waals surface area contributed by atoms with E-state index in [9.17, 15) is 0 Å². The summed E-state index contributed by atoms with van der Waals surface area (Å²) < 4.78 is 2.52. The van der Waals surface area contributed by atoms with Crippen LogP contribution in [-0.2, 0) is 5.41 Å². The Hall–Kier alpha value is -7.14. The van der Waals surface area contributed by atoms with Crippen LogP contribution >= 0.6 is 11.8 Å². The van der Waals surface area contributed by atoms with E-state index in [0.29, 0.717) is 0 Å². The fraction of sp³-hybridized carbons (Fsp3) is 0.0364. The van der Waals surface area contributed by atoms with Crippen LogP contribution in [0.2, 0.25) is 0 Å². The Balaban J connectivity index is 1.10. The molecule has 276 valence electrons. The second-order valence-electron chi connectivity index (χ2n) is 15.8. The van der Waals surface area contributed by atoms with E-state index in [2.05, 4.69) is 210 Å². The number of benzene rings is 9. The van der Waals surface area contributed by atoms with Crippen molar-refractivity contribution in [3.8, 4) is 16.8 Å². The maximum absolute atomic E-state index is 5.41. The maximum atomic E-state index is 5.41. The smallest absolute Gasteiger partial charge is 0.0947 e. The molecule has 1 N–H and O–H groups in total. The molecule has 3 heterocycles. The summed E-state index contributed by atoms with van der Waals surface area (Å²) in [6.45, 7) is 0. The summed E-state index contributed by atoms with van der Waals surface area (Å²) in [7, 11) is 0. The molecule has 0 bridgehead atoms. The van der Waals surface area contributed by atoms with E-state index in [1.165, 1.54) is 81.3 Å². The highest BCUT2D eigenvalue weighted by atomic mass is 32.2. The molecule has 1 aliphatic carbocycles. The molecule has 0 saturated carbocycles. The van der Waals surface area contributed by atoms with Crippen molar-refractivity contribution in [2.45, 2.75) is 21.2 Å². The number of hydrogen-bond acceptors (Lipinski definition) is 3. The van der Waals surface area contributed by atoms with E-state index in [1.54, 1.807) is 0 Å². The van der Waals surface area contributed by atoms with Crippen molar-refractivity contribution >= 4 is 61.4 Å². The Morgan fingerprint density at radius 2 is 1.10 bits per heavy atom. The molecule has 59 heavy (non-hydrogen) atoms. The summed E-state index contributed by atoms with van der Waals surface area (Å²) >= 11 is 1.89. The number of hydrogen-bond donors (Lipinski definition) is 1. The van der Waals surface area contributed by atoms with Gasteiger partial charge in [0.1, 0.15) is 0 Å². The minimum absolute atomic E-state index is 0.103. The first-order valence-electron chi connectivity index (χ1n) is 20.3. The number of aliphatic imine (C=N–C) groups is 1. The average Bonchev–Trinajstić information content (AvgIpc) is 3.77. The Kier molecular flexibility index (Phi) is 6.93. The normalized spacial score (nSPS) is 15.6. The van der Waals surface area contributed by atoms with Crippen molar-refractivity contribution in [2.24, 2.45) is 4.99 Å². The highest BCUT2D eigenvalue weighted by Gasteiger charge is 2.50. The molecule has 9 aromatic carbocycles. The van der Waals surface area contributed by atoms with Crippen LogP contribution in [-0.4, -0.2) is 10.3 Å². The molecule has 1 atom stereocenters. The SMILES string of the molecule is c1ccc(C2Nc3ccccc3N=C2c2ccc(-n3c4ccccc4c4cc5c(cc43)C3(c4ccccc4Sc4ccccc43)c3ccccc3-5)c3ccccc23)cc1. The molecule has 4 heteroatoms. The molecular weight excluding hydrogens is 735 g/mol. The van der Waals surface area contributed by atoms with Crippen LogP contribution in [0.4, 0.5) is 11.4 Å². The summed E-state index contributed by atoms with van der Waals surface area (Å²) in [5, 5.41) is 8.72. The number of anilines is 1.